The molecule has 0 aliphatic carbocycles. The number of rotatable bonds is 2. The van der Waals surface area contributed by atoms with Crippen molar-refractivity contribution in [2.45, 2.75) is 0 Å². The van der Waals surface area contributed by atoms with Gasteiger partial charge in [0, 0.05) is 15.7 Å². The number of hydrogen-bond donors (Lipinski definition) is 0. The van der Waals surface area contributed by atoms with Crippen LogP contribution in [0.5, 0.6) is 0 Å². The van der Waals surface area contributed by atoms with Gasteiger partial charge in [0.05, 0.1) is 4.92 Å². The van der Waals surface area contributed by atoms with Crippen LogP contribution in [-0.4, -0.2) is 4.92 Å². The minimum atomic E-state index is -0.434. The number of non-ortho nitro benzene ring substituents is 1. The number of benzene rings is 2. The molecule has 0 atom stereocenters. The molecule has 0 amide bonds. The molecular formula is C12H7FINO2. The van der Waals surface area contributed by atoms with Crippen LogP contribution in [-0.2, 0) is 0 Å². The normalized spacial score (nSPS) is 10.2. The lowest BCUT2D eigenvalue weighted by atomic mass is 10.1. The number of nitro benzene ring substituents is 1. The minimum absolute atomic E-state index is 0.0558. The summed E-state index contributed by atoms with van der Waals surface area (Å²) >= 11 is 2.03. The molecule has 0 aliphatic rings. The Bertz CT molecular complexity index is 569. The third-order valence-corrected chi connectivity index (χ3v) is 3.21. The Morgan fingerprint density at radius 2 is 1.76 bits per heavy atom. The van der Waals surface area contributed by atoms with E-state index in [1.165, 1.54) is 24.3 Å². The SMILES string of the molecule is O=[N+]([O-])c1ccc(-c2ccc(F)cc2)c(I)c1. The number of halogens is 2. The van der Waals surface area contributed by atoms with Crippen molar-refractivity contribution in [2.24, 2.45) is 0 Å². The highest BCUT2D eigenvalue weighted by molar-refractivity contribution is 14.1. The molecule has 0 saturated carbocycles. The number of nitro groups is 1. The highest BCUT2D eigenvalue weighted by Crippen LogP contribution is 2.28. The fourth-order valence-corrected chi connectivity index (χ4v) is 2.29. The summed E-state index contributed by atoms with van der Waals surface area (Å²) in [5, 5.41) is 10.6. The van der Waals surface area contributed by atoms with Crippen molar-refractivity contribution in [3.63, 3.8) is 0 Å². The first-order valence-corrected chi connectivity index (χ1v) is 5.85. The van der Waals surface area contributed by atoms with Crippen LogP contribution in [0, 0.1) is 19.5 Å². The Hall–Kier alpha value is -1.50. The van der Waals surface area contributed by atoms with E-state index in [9.17, 15) is 14.5 Å². The van der Waals surface area contributed by atoms with Crippen LogP contribution in [0.4, 0.5) is 10.1 Å². The van der Waals surface area contributed by atoms with E-state index >= 15 is 0 Å². The molecule has 5 heteroatoms. The standard InChI is InChI=1S/C12H7FINO2/c13-9-3-1-8(2-4-9)11-6-5-10(15(16)17)7-12(11)14/h1-7H. The van der Waals surface area contributed by atoms with Crippen LogP contribution in [0.2, 0.25) is 0 Å². The maximum absolute atomic E-state index is 12.8. The van der Waals surface area contributed by atoms with Crippen molar-refractivity contribution in [3.05, 3.63) is 62.0 Å². The van der Waals surface area contributed by atoms with Crippen LogP contribution in [0.3, 0.4) is 0 Å². The van der Waals surface area contributed by atoms with E-state index in [4.69, 9.17) is 0 Å². The molecule has 0 aliphatic heterocycles. The maximum atomic E-state index is 12.8. The second kappa shape index (κ2) is 4.79. The summed E-state index contributed by atoms with van der Waals surface area (Å²) in [6.45, 7) is 0. The van der Waals surface area contributed by atoms with Crippen LogP contribution in [0.25, 0.3) is 11.1 Å². The van der Waals surface area contributed by atoms with Gasteiger partial charge in [-0.3, -0.25) is 10.1 Å². The van der Waals surface area contributed by atoms with E-state index in [-0.39, 0.29) is 11.5 Å². The first-order valence-electron chi connectivity index (χ1n) is 4.78. The zero-order chi connectivity index (χ0) is 12.4. The zero-order valence-electron chi connectivity index (χ0n) is 8.56. The summed E-state index contributed by atoms with van der Waals surface area (Å²) in [5.74, 6) is -0.300. The van der Waals surface area contributed by atoms with Gasteiger partial charge in [0.15, 0.2) is 0 Å². The zero-order valence-corrected chi connectivity index (χ0v) is 10.7. The minimum Gasteiger partial charge on any atom is -0.258 e. The summed E-state index contributed by atoms with van der Waals surface area (Å²) in [5.41, 5.74) is 1.75. The third-order valence-electron chi connectivity index (χ3n) is 2.32. The van der Waals surface area contributed by atoms with Gasteiger partial charge in [-0.1, -0.05) is 12.1 Å². The lowest BCUT2D eigenvalue weighted by molar-refractivity contribution is -0.384. The van der Waals surface area contributed by atoms with E-state index in [1.54, 1.807) is 18.2 Å². The monoisotopic (exact) mass is 343 g/mol. The van der Waals surface area contributed by atoms with E-state index in [2.05, 4.69) is 0 Å². The second-order valence-electron chi connectivity index (χ2n) is 3.43. The van der Waals surface area contributed by atoms with E-state index < -0.39 is 4.92 Å². The first kappa shape index (κ1) is 12.0. The summed E-state index contributed by atoms with van der Waals surface area (Å²) in [4.78, 5) is 10.2. The lowest BCUT2D eigenvalue weighted by Crippen LogP contribution is -1.90. The quantitative estimate of drug-likeness (QED) is 0.470. The predicted octanol–water partition coefficient (Wildman–Crippen LogP) is 4.01. The lowest BCUT2D eigenvalue weighted by Gasteiger charge is -2.04. The summed E-state index contributed by atoms with van der Waals surface area (Å²) in [6.07, 6.45) is 0. The van der Waals surface area contributed by atoms with Crippen LogP contribution in [0.15, 0.2) is 42.5 Å². The molecule has 0 unspecified atom stereocenters. The molecule has 0 N–H and O–H groups in total. The van der Waals surface area contributed by atoms with Crippen LogP contribution >= 0.6 is 22.6 Å². The molecule has 0 saturated heterocycles. The van der Waals surface area contributed by atoms with E-state index in [0.29, 0.717) is 0 Å². The van der Waals surface area contributed by atoms with Gasteiger partial charge in [0.25, 0.3) is 5.69 Å². The molecule has 2 rings (SSSR count). The van der Waals surface area contributed by atoms with Crippen molar-refractivity contribution in [2.75, 3.05) is 0 Å². The molecule has 3 nitrogen and oxygen atoms in total. The summed E-state index contributed by atoms with van der Waals surface area (Å²) in [6, 6.07) is 10.7. The molecule has 86 valence electrons. The summed E-state index contributed by atoms with van der Waals surface area (Å²) < 4.78 is 13.5. The average molecular weight is 343 g/mol. The first-order chi connectivity index (χ1) is 8.08. The maximum Gasteiger partial charge on any atom is 0.270 e. The average Bonchev–Trinajstić information content (AvgIpc) is 2.30. The van der Waals surface area contributed by atoms with Crippen molar-refractivity contribution in [1.29, 1.82) is 0 Å². The second-order valence-corrected chi connectivity index (χ2v) is 4.59. The van der Waals surface area contributed by atoms with Gasteiger partial charge >= 0.3 is 0 Å². The van der Waals surface area contributed by atoms with Gasteiger partial charge in [-0.05, 0) is 51.9 Å². The van der Waals surface area contributed by atoms with Crippen molar-refractivity contribution in [3.8, 4) is 11.1 Å². The Morgan fingerprint density at radius 1 is 1.12 bits per heavy atom. The van der Waals surface area contributed by atoms with Gasteiger partial charge in [-0.15, -0.1) is 0 Å². The fourth-order valence-electron chi connectivity index (χ4n) is 1.48. The molecular weight excluding hydrogens is 336 g/mol. The predicted molar refractivity (Wildman–Crippen MR) is 71.2 cm³/mol. The number of nitrogens with zero attached hydrogens (tertiary/aromatic N) is 1. The Kier molecular flexibility index (Phi) is 3.37. The van der Waals surface area contributed by atoms with Gasteiger partial charge in [0.1, 0.15) is 5.82 Å². The van der Waals surface area contributed by atoms with Crippen molar-refractivity contribution >= 4 is 28.3 Å². The van der Waals surface area contributed by atoms with E-state index in [1.807, 2.05) is 22.6 Å². The largest absolute Gasteiger partial charge is 0.270 e. The molecule has 0 radical (unpaired) electrons. The van der Waals surface area contributed by atoms with Crippen LogP contribution < -0.4 is 0 Å². The fraction of sp³-hybridized carbons (Fsp3) is 0. The molecule has 17 heavy (non-hydrogen) atoms. The molecule has 2 aromatic carbocycles. The van der Waals surface area contributed by atoms with Crippen molar-refractivity contribution in [1.82, 2.24) is 0 Å². The van der Waals surface area contributed by atoms with Crippen molar-refractivity contribution < 1.29 is 9.31 Å². The van der Waals surface area contributed by atoms with Gasteiger partial charge in [-0.2, -0.15) is 0 Å². The molecule has 0 heterocycles. The third kappa shape index (κ3) is 2.60. The topological polar surface area (TPSA) is 43.1 Å². The molecule has 0 bridgehead atoms. The van der Waals surface area contributed by atoms with Gasteiger partial charge < -0.3 is 0 Å². The molecule has 0 spiro atoms. The molecule has 2 aromatic rings. The number of hydrogen-bond acceptors (Lipinski definition) is 2. The molecule has 0 aromatic heterocycles. The summed E-state index contributed by atoms with van der Waals surface area (Å²) in [7, 11) is 0. The Balaban J connectivity index is 2.46. The smallest absolute Gasteiger partial charge is 0.258 e. The van der Waals surface area contributed by atoms with Gasteiger partial charge in [-0.25, -0.2) is 4.39 Å². The highest BCUT2D eigenvalue weighted by Gasteiger charge is 2.10. The molecule has 0 fully saturated rings. The van der Waals surface area contributed by atoms with E-state index in [0.717, 1.165) is 14.7 Å². The Morgan fingerprint density at radius 3 is 2.29 bits per heavy atom. The van der Waals surface area contributed by atoms with Gasteiger partial charge in [0.2, 0.25) is 0 Å². The Labute approximate surface area is 111 Å². The van der Waals surface area contributed by atoms with Crippen LogP contribution in [0.1, 0.15) is 0 Å². The highest BCUT2D eigenvalue weighted by atomic mass is 127.